The Hall–Kier alpha value is -1.20. The first-order valence-corrected chi connectivity index (χ1v) is 9.07. The minimum absolute atomic E-state index is 0.0341. The number of nitrogens with zero attached hydrogens (tertiary/aromatic N) is 1. The van der Waals surface area contributed by atoms with E-state index in [0.717, 1.165) is 20.8 Å². The first-order valence-electron chi connectivity index (χ1n) is 6.91. The average Bonchev–Trinajstić information content (AvgIpc) is 2.93. The van der Waals surface area contributed by atoms with E-state index in [0.29, 0.717) is 9.99 Å². The van der Waals surface area contributed by atoms with Crippen molar-refractivity contribution in [3.05, 3.63) is 49.1 Å². The van der Waals surface area contributed by atoms with Gasteiger partial charge in [-0.25, -0.2) is 4.79 Å². The predicted molar refractivity (Wildman–Crippen MR) is 104 cm³/mol. The van der Waals surface area contributed by atoms with Gasteiger partial charge < -0.3 is 9.84 Å². The largest absolute Gasteiger partial charge is 0.506 e. The van der Waals surface area contributed by atoms with E-state index in [1.807, 2.05) is 52.2 Å². The van der Waals surface area contributed by atoms with Gasteiger partial charge in [0.25, 0.3) is 0 Å². The number of quaternary nitrogens is 1. The Morgan fingerprint density at radius 1 is 1.26 bits per heavy atom. The fraction of sp³-hybridized carbons (Fsp3) is 0.125. The van der Waals surface area contributed by atoms with E-state index in [1.165, 1.54) is 0 Å². The van der Waals surface area contributed by atoms with Gasteiger partial charge in [-0.05, 0) is 63.4 Å². The molecule has 0 aromatic heterocycles. The minimum Gasteiger partial charge on any atom is -0.506 e. The van der Waals surface area contributed by atoms with Gasteiger partial charge in [0.2, 0.25) is 5.84 Å². The molecule has 0 spiro atoms. The van der Waals surface area contributed by atoms with Crippen LogP contribution in [0.25, 0.3) is 0 Å². The zero-order chi connectivity index (χ0) is 16.4. The summed E-state index contributed by atoms with van der Waals surface area (Å²) >= 11 is 4.09. The molecule has 0 bridgehead atoms. The molecule has 0 fully saturated rings. The van der Waals surface area contributed by atoms with Crippen molar-refractivity contribution in [2.75, 3.05) is 6.61 Å². The Labute approximate surface area is 160 Å². The van der Waals surface area contributed by atoms with E-state index < -0.39 is 5.97 Å². The highest BCUT2D eigenvalue weighted by molar-refractivity contribution is 14.1. The molecule has 118 valence electrons. The van der Waals surface area contributed by atoms with Crippen LogP contribution < -0.4 is 5.32 Å². The standard InChI is InChI=1S/C16H12I2N2O3/c17-9-7-10(15(21)11(18)8-9)16(22)23-6-5-14-19-12-3-1-2-4-13(12)20-14/h1-4,7-8,21H,5-6H2,(H,19,20)/p+1. The Morgan fingerprint density at radius 2 is 2.04 bits per heavy atom. The molecule has 3 N–H and O–H groups in total. The quantitative estimate of drug-likeness (QED) is 0.359. The Morgan fingerprint density at radius 3 is 2.83 bits per heavy atom. The highest BCUT2D eigenvalue weighted by Crippen LogP contribution is 2.27. The number of fused-ring (bicyclic) bond motifs is 1. The number of amidine groups is 1. The first-order chi connectivity index (χ1) is 11.0. The van der Waals surface area contributed by atoms with E-state index in [1.54, 1.807) is 12.1 Å². The van der Waals surface area contributed by atoms with Gasteiger partial charge in [0.15, 0.2) is 5.69 Å². The first kappa shape index (κ1) is 16.7. The van der Waals surface area contributed by atoms with Crippen molar-refractivity contribution in [2.24, 2.45) is 4.99 Å². The molecule has 1 aliphatic rings. The maximum absolute atomic E-state index is 12.1. The van der Waals surface area contributed by atoms with Crippen molar-refractivity contribution >= 4 is 68.4 Å². The molecule has 0 radical (unpaired) electrons. The number of aromatic hydroxyl groups is 1. The summed E-state index contributed by atoms with van der Waals surface area (Å²) in [7, 11) is 0. The lowest BCUT2D eigenvalue weighted by molar-refractivity contribution is -0.441. The molecule has 5 nitrogen and oxygen atoms in total. The highest BCUT2D eigenvalue weighted by atomic mass is 127. The van der Waals surface area contributed by atoms with Crippen LogP contribution in [-0.4, -0.2) is 23.5 Å². The molecular weight excluding hydrogens is 522 g/mol. The van der Waals surface area contributed by atoms with Crippen molar-refractivity contribution < 1.29 is 20.0 Å². The van der Waals surface area contributed by atoms with Crippen molar-refractivity contribution in [3.8, 4) is 5.75 Å². The molecule has 23 heavy (non-hydrogen) atoms. The average molecular weight is 535 g/mol. The number of esters is 1. The Kier molecular flexibility index (Phi) is 5.17. The van der Waals surface area contributed by atoms with Crippen molar-refractivity contribution in [3.63, 3.8) is 0 Å². The van der Waals surface area contributed by atoms with E-state index in [4.69, 9.17) is 4.74 Å². The van der Waals surface area contributed by atoms with Gasteiger partial charge in [-0.15, -0.1) is 0 Å². The number of carbonyl (C=O) groups is 1. The number of rotatable bonds is 4. The molecule has 7 heteroatoms. The summed E-state index contributed by atoms with van der Waals surface area (Å²) in [5.41, 5.74) is 2.22. The van der Waals surface area contributed by atoms with Crippen LogP contribution in [0.1, 0.15) is 16.8 Å². The lowest BCUT2D eigenvalue weighted by Crippen LogP contribution is -2.80. The summed E-state index contributed by atoms with van der Waals surface area (Å²) in [5.74, 6) is 0.337. The van der Waals surface area contributed by atoms with Gasteiger partial charge in [-0.3, -0.25) is 5.32 Å². The fourth-order valence-corrected chi connectivity index (χ4v) is 4.10. The molecule has 0 saturated heterocycles. The summed E-state index contributed by atoms with van der Waals surface area (Å²) in [6.45, 7) is 0.226. The molecule has 0 unspecified atom stereocenters. The van der Waals surface area contributed by atoms with E-state index in [-0.39, 0.29) is 17.9 Å². The molecule has 2 aromatic carbocycles. The van der Waals surface area contributed by atoms with Gasteiger partial charge in [-0.1, -0.05) is 12.1 Å². The zero-order valence-corrected chi connectivity index (χ0v) is 16.2. The SMILES string of the molecule is O=C(OCCC1=Nc2ccccc2[NH2+]1)c1cc(I)cc(I)c1O. The van der Waals surface area contributed by atoms with Crippen LogP contribution in [0.15, 0.2) is 41.4 Å². The number of carbonyl (C=O) groups excluding carboxylic acids is 1. The van der Waals surface area contributed by atoms with Crippen molar-refractivity contribution in [1.82, 2.24) is 0 Å². The molecule has 0 atom stereocenters. The summed E-state index contributed by atoms with van der Waals surface area (Å²) in [5, 5.41) is 12.0. The number of aliphatic imine (C=N–C) groups is 1. The second-order valence-electron chi connectivity index (χ2n) is 4.98. The topological polar surface area (TPSA) is 75.5 Å². The molecule has 0 amide bonds. The van der Waals surface area contributed by atoms with Crippen LogP contribution >= 0.6 is 45.2 Å². The monoisotopic (exact) mass is 535 g/mol. The van der Waals surface area contributed by atoms with Gasteiger partial charge in [0.1, 0.15) is 23.6 Å². The highest BCUT2D eigenvalue weighted by Gasteiger charge is 2.20. The lowest BCUT2D eigenvalue weighted by atomic mass is 10.2. The number of nitrogens with two attached hydrogens (primary N) is 1. The number of para-hydroxylation sites is 2. The van der Waals surface area contributed by atoms with Gasteiger partial charge in [-0.2, -0.15) is 4.99 Å². The number of phenols is 1. The predicted octanol–water partition coefficient (Wildman–Crippen LogP) is 3.09. The summed E-state index contributed by atoms with van der Waals surface area (Å²) in [6.07, 6.45) is 0.544. The molecule has 1 heterocycles. The molecule has 0 saturated carbocycles. The number of hydrogen-bond acceptors (Lipinski definition) is 4. The number of hydrogen-bond donors (Lipinski definition) is 2. The molecule has 2 aromatic rings. The summed E-state index contributed by atoms with van der Waals surface area (Å²) < 4.78 is 6.78. The second-order valence-corrected chi connectivity index (χ2v) is 7.38. The second kappa shape index (κ2) is 7.14. The van der Waals surface area contributed by atoms with Crippen molar-refractivity contribution in [2.45, 2.75) is 6.42 Å². The van der Waals surface area contributed by atoms with Crippen molar-refractivity contribution in [1.29, 1.82) is 0 Å². The van der Waals surface area contributed by atoms with E-state index in [2.05, 4.69) is 27.6 Å². The number of benzene rings is 2. The fourth-order valence-electron chi connectivity index (χ4n) is 2.25. The van der Waals surface area contributed by atoms with Crippen LogP contribution in [0.3, 0.4) is 0 Å². The minimum atomic E-state index is -0.518. The van der Waals surface area contributed by atoms with Crippen LogP contribution in [-0.2, 0) is 4.74 Å². The normalized spacial score (nSPS) is 12.7. The summed E-state index contributed by atoms with van der Waals surface area (Å²) in [4.78, 5) is 16.6. The third-order valence-corrected chi connectivity index (χ3v) is 4.81. The smallest absolute Gasteiger partial charge is 0.342 e. The molecule has 0 aliphatic carbocycles. The number of halogens is 2. The zero-order valence-electron chi connectivity index (χ0n) is 11.9. The third-order valence-electron chi connectivity index (χ3n) is 3.36. The van der Waals surface area contributed by atoms with Gasteiger partial charge >= 0.3 is 5.97 Å². The van der Waals surface area contributed by atoms with Gasteiger partial charge in [0.05, 0.1) is 9.99 Å². The van der Waals surface area contributed by atoms with Crippen LogP contribution in [0.5, 0.6) is 5.75 Å². The Balaban J connectivity index is 1.59. The van der Waals surface area contributed by atoms with Gasteiger partial charge in [0, 0.05) is 9.64 Å². The third kappa shape index (κ3) is 3.83. The molecular formula is C16H13I2N2O3+. The van der Waals surface area contributed by atoms with Crippen LogP contribution in [0, 0.1) is 7.14 Å². The van der Waals surface area contributed by atoms with Crippen LogP contribution in [0.2, 0.25) is 0 Å². The number of phenolic OH excluding ortho intramolecular Hbond substituents is 1. The Bertz CT molecular complexity index is 806. The molecule has 1 aliphatic heterocycles. The van der Waals surface area contributed by atoms with E-state index >= 15 is 0 Å². The lowest BCUT2D eigenvalue weighted by Gasteiger charge is -2.07. The maximum Gasteiger partial charge on any atom is 0.342 e. The molecule has 3 rings (SSSR count). The maximum atomic E-state index is 12.1. The van der Waals surface area contributed by atoms with Crippen LogP contribution in [0.4, 0.5) is 11.4 Å². The van der Waals surface area contributed by atoms with E-state index in [9.17, 15) is 9.90 Å². The summed E-state index contributed by atoms with van der Waals surface area (Å²) in [6, 6.07) is 11.3. The number of ether oxygens (including phenoxy) is 1.